The number of nitrogens with zero attached hydrogens (tertiary/aromatic N) is 1. The molecule has 0 saturated carbocycles. The standard InChI is InChI=1S/C10H14N2O2S.ClH/c1-8-2-4-10(5-3-8)15(13,14)12-6-9(11)7-12;/h2-5,9H,6-7,11H2,1H3;1H. The zero-order chi connectivity index (χ0) is 11.1. The number of nitrogens with two attached hydrogens (primary N) is 1. The van der Waals surface area contributed by atoms with Crippen LogP contribution in [0.4, 0.5) is 0 Å². The molecular weight excluding hydrogens is 248 g/mol. The summed E-state index contributed by atoms with van der Waals surface area (Å²) in [7, 11) is -3.30. The van der Waals surface area contributed by atoms with E-state index in [9.17, 15) is 8.42 Å². The van der Waals surface area contributed by atoms with Gasteiger partial charge in [-0.15, -0.1) is 12.4 Å². The van der Waals surface area contributed by atoms with Gasteiger partial charge in [0.15, 0.2) is 0 Å². The van der Waals surface area contributed by atoms with E-state index in [0.717, 1.165) is 5.56 Å². The lowest BCUT2D eigenvalue weighted by molar-refractivity contribution is 0.265. The Balaban J connectivity index is 0.00000128. The van der Waals surface area contributed by atoms with Crippen molar-refractivity contribution >= 4 is 22.4 Å². The van der Waals surface area contributed by atoms with Gasteiger partial charge in [-0.25, -0.2) is 8.42 Å². The first-order valence-corrected chi connectivity index (χ1v) is 6.26. The molecule has 1 aliphatic rings. The molecule has 0 amide bonds. The third-order valence-electron chi connectivity index (χ3n) is 2.54. The zero-order valence-electron chi connectivity index (χ0n) is 8.96. The summed E-state index contributed by atoms with van der Waals surface area (Å²) in [5.74, 6) is 0. The van der Waals surface area contributed by atoms with E-state index in [4.69, 9.17) is 5.73 Å². The van der Waals surface area contributed by atoms with Gasteiger partial charge in [0.05, 0.1) is 4.90 Å². The average Bonchev–Trinajstić information content (AvgIpc) is 2.13. The summed E-state index contributed by atoms with van der Waals surface area (Å²) >= 11 is 0. The number of halogens is 1. The van der Waals surface area contributed by atoms with Gasteiger partial charge in [0.2, 0.25) is 10.0 Å². The van der Waals surface area contributed by atoms with E-state index in [-0.39, 0.29) is 18.4 Å². The second-order valence-electron chi connectivity index (χ2n) is 3.90. The van der Waals surface area contributed by atoms with Gasteiger partial charge in [0.25, 0.3) is 0 Å². The van der Waals surface area contributed by atoms with Crippen molar-refractivity contribution in [3.8, 4) is 0 Å². The number of hydrogen-bond acceptors (Lipinski definition) is 3. The molecule has 1 aromatic rings. The lowest BCUT2D eigenvalue weighted by Crippen LogP contribution is -2.57. The molecule has 1 saturated heterocycles. The van der Waals surface area contributed by atoms with E-state index in [1.807, 2.05) is 6.92 Å². The van der Waals surface area contributed by atoms with Gasteiger partial charge in [-0.1, -0.05) is 17.7 Å². The molecule has 6 heteroatoms. The zero-order valence-corrected chi connectivity index (χ0v) is 10.6. The monoisotopic (exact) mass is 262 g/mol. The van der Waals surface area contributed by atoms with Crippen LogP contribution >= 0.6 is 12.4 Å². The normalized spacial score (nSPS) is 17.6. The number of hydrogen-bond donors (Lipinski definition) is 1. The summed E-state index contributed by atoms with van der Waals surface area (Å²) in [6, 6.07) is 6.85. The van der Waals surface area contributed by atoms with E-state index >= 15 is 0 Å². The summed E-state index contributed by atoms with van der Waals surface area (Å²) in [5.41, 5.74) is 6.61. The maximum Gasteiger partial charge on any atom is 0.243 e. The molecule has 0 aliphatic carbocycles. The molecule has 0 spiro atoms. The van der Waals surface area contributed by atoms with Crippen LogP contribution in [0.15, 0.2) is 29.2 Å². The number of rotatable bonds is 2. The summed E-state index contributed by atoms with van der Waals surface area (Å²) in [4.78, 5) is 0.347. The highest BCUT2D eigenvalue weighted by molar-refractivity contribution is 7.89. The van der Waals surface area contributed by atoms with E-state index < -0.39 is 10.0 Å². The van der Waals surface area contributed by atoms with Crippen LogP contribution in [0.25, 0.3) is 0 Å². The van der Waals surface area contributed by atoms with Crippen LogP contribution in [0.3, 0.4) is 0 Å². The molecule has 1 aromatic carbocycles. The van der Waals surface area contributed by atoms with Crippen LogP contribution in [0.1, 0.15) is 5.56 Å². The Hall–Kier alpha value is -0.620. The van der Waals surface area contributed by atoms with Crippen LogP contribution in [-0.2, 0) is 10.0 Å². The van der Waals surface area contributed by atoms with Crippen molar-refractivity contribution < 1.29 is 8.42 Å². The van der Waals surface area contributed by atoms with E-state index in [2.05, 4.69) is 0 Å². The molecule has 1 fully saturated rings. The summed E-state index contributed by atoms with van der Waals surface area (Å²) in [6.45, 7) is 2.78. The van der Waals surface area contributed by atoms with Crippen LogP contribution in [0, 0.1) is 6.92 Å². The second kappa shape index (κ2) is 4.71. The molecule has 2 N–H and O–H groups in total. The Morgan fingerprint density at radius 1 is 1.25 bits per heavy atom. The van der Waals surface area contributed by atoms with Crippen LogP contribution < -0.4 is 5.73 Å². The molecule has 1 aliphatic heterocycles. The molecule has 2 rings (SSSR count). The molecule has 0 bridgehead atoms. The maximum absolute atomic E-state index is 11.9. The lowest BCUT2D eigenvalue weighted by atomic mass is 10.2. The minimum Gasteiger partial charge on any atom is -0.325 e. The van der Waals surface area contributed by atoms with E-state index in [1.54, 1.807) is 24.3 Å². The number of sulfonamides is 1. The highest BCUT2D eigenvalue weighted by atomic mass is 35.5. The van der Waals surface area contributed by atoms with Crippen LogP contribution in [-0.4, -0.2) is 31.9 Å². The van der Waals surface area contributed by atoms with Crippen molar-refractivity contribution in [2.75, 3.05) is 13.1 Å². The molecule has 90 valence electrons. The fourth-order valence-corrected chi connectivity index (χ4v) is 3.08. The Kier molecular flexibility index (Phi) is 3.96. The number of aryl methyl sites for hydroxylation is 1. The first-order chi connectivity index (χ1) is 7.00. The molecule has 0 radical (unpaired) electrons. The van der Waals surface area contributed by atoms with E-state index in [1.165, 1.54) is 4.31 Å². The average molecular weight is 263 g/mol. The Morgan fingerprint density at radius 3 is 2.19 bits per heavy atom. The van der Waals surface area contributed by atoms with Crippen LogP contribution in [0.2, 0.25) is 0 Å². The Labute approximate surface area is 102 Å². The van der Waals surface area contributed by atoms with Gasteiger partial charge in [-0.3, -0.25) is 0 Å². The van der Waals surface area contributed by atoms with Crippen LogP contribution in [0.5, 0.6) is 0 Å². The molecule has 16 heavy (non-hydrogen) atoms. The molecular formula is C10H15ClN2O2S. The summed E-state index contributed by atoms with van der Waals surface area (Å²) in [6.07, 6.45) is 0. The highest BCUT2D eigenvalue weighted by Gasteiger charge is 2.34. The van der Waals surface area contributed by atoms with Gasteiger partial charge in [0, 0.05) is 19.1 Å². The van der Waals surface area contributed by atoms with Gasteiger partial charge >= 0.3 is 0 Å². The minimum absolute atomic E-state index is 0. The summed E-state index contributed by atoms with van der Waals surface area (Å²) in [5, 5.41) is 0. The summed E-state index contributed by atoms with van der Waals surface area (Å²) < 4.78 is 25.3. The molecule has 1 heterocycles. The molecule has 0 atom stereocenters. The van der Waals surface area contributed by atoms with Crippen molar-refractivity contribution in [3.05, 3.63) is 29.8 Å². The van der Waals surface area contributed by atoms with Crippen molar-refractivity contribution in [1.29, 1.82) is 0 Å². The molecule has 4 nitrogen and oxygen atoms in total. The minimum atomic E-state index is -3.30. The Morgan fingerprint density at radius 2 is 1.75 bits per heavy atom. The van der Waals surface area contributed by atoms with Gasteiger partial charge in [0.1, 0.15) is 0 Å². The topological polar surface area (TPSA) is 63.4 Å². The fraction of sp³-hybridized carbons (Fsp3) is 0.400. The largest absolute Gasteiger partial charge is 0.325 e. The van der Waals surface area contributed by atoms with Crippen molar-refractivity contribution in [1.82, 2.24) is 4.31 Å². The predicted molar refractivity (Wildman–Crippen MR) is 65.2 cm³/mol. The lowest BCUT2D eigenvalue weighted by Gasteiger charge is -2.35. The quantitative estimate of drug-likeness (QED) is 0.856. The number of benzene rings is 1. The third kappa shape index (κ3) is 2.38. The first-order valence-electron chi connectivity index (χ1n) is 4.82. The van der Waals surface area contributed by atoms with Gasteiger partial charge in [-0.2, -0.15) is 4.31 Å². The highest BCUT2D eigenvalue weighted by Crippen LogP contribution is 2.20. The molecule has 0 unspecified atom stereocenters. The predicted octanol–water partition coefficient (Wildman–Crippen LogP) is 0.748. The van der Waals surface area contributed by atoms with Gasteiger partial charge in [-0.05, 0) is 19.1 Å². The SMILES string of the molecule is Cc1ccc(S(=O)(=O)N2CC(N)C2)cc1.Cl. The fourth-order valence-electron chi connectivity index (χ4n) is 1.53. The second-order valence-corrected chi connectivity index (χ2v) is 5.83. The van der Waals surface area contributed by atoms with E-state index in [0.29, 0.717) is 18.0 Å². The smallest absolute Gasteiger partial charge is 0.243 e. The molecule has 0 aromatic heterocycles. The van der Waals surface area contributed by atoms with Crippen molar-refractivity contribution in [2.24, 2.45) is 5.73 Å². The van der Waals surface area contributed by atoms with Gasteiger partial charge < -0.3 is 5.73 Å². The van der Waals surface area contributed by atoms with Crippen molar-refractivity contribution in [3.63, 3.8) is 0 Å². The first kappa shape index (κ1) is 13.4. The van der Waals surface area contributed by atoms with Crippen molar-refractivity contribution in [2.45, 2.75) is 17.9 Å². The Bertz CT molecular complexity index is 452. The maximum atomic E-state index is 11.9. The third-order valence-corrected chi connectivity index (χ3v) is 4.38.